The van der Waals surface area contributed by atoms with E-state index in [1.165, 1.54) is 0 Å². The van der Waals surface area contributed by atoms with E-state index in [2.05, 4.69) is 10.2 Å². The summed E-state index contributed by atoms with van der Waals surface area (Å²) >= 11 is 0. The van der Waals surface area contributed by atoms with Gasteiger partial charge in [0.2, 0.25) is 0 Å². The fourth-order valence-corrected chi connectivity index (χ4v) is 2.07. The number of benzene rings is 1. The lowest BCUT2D eigenvalue weighted by Gasteiger charge is -2.29. The molecule has 19 heavy (non-hydrogen) atoms. The number of esters is 1. The Morgan fingerprint density at radius 3 is 2.26 bits per heavy atom. The van der Waals surface area contributed by atoms with E-state index < -0.39 is 5.60 Å². The quantitative estimate of drug-likeness (QED) is 0.828. The van der Waals surface area contributed by atoms with Gasteiger partial charge in [-0.05, 0) is 45.0 Å². The number of piperazine rings is 1. The van der Waals surface area contributed by atoms with E-state index in [1.807, 2.05) is 45.0 Å². The smallest absolute Gasteiger partial charge is 0.338 e. The Balaban J connectivity index is 2.03. The summed E-state index contributed by atoms with van der Waals surface area (Å²) in [6.45, 7) is 9.65. The van der Waals surface area contributed by atoms with Crippen molar-refractivity contribution in [1.82, 2.24) is 5.32 Å². The minimum absolute atomic E-state index is 0.264. The molecular formula is C15H22N2O2. The van der Waals surface area contributed by atoms with Crippen molar-refractivity contribution >= 4 is 11.7 Å². The summed E-state index contributed by atoms with van der Waals surface area (Å²) in [5.74, 6) is -0.264. The van der Waals surface area contributed by atoms with Gasteiger partial charge in [0.15, 0.2) is 0 Å². The fraction of sp³-hybridized carbons (Fsp3) is 0.533. The van der Waals surface area contributed by atoms with E-state index >= 15 is 0 Å². The molecule has 0 spiro atoms. The lowest BCUT2D eigenvalue weighted by molar-refractivity contribution is 0.00696. The van der Waals surface area contributed by atoms with Gasteiger partial charge >= 0.3 is 5.97 Å². The van der Waals surface area contributed by atoms with Crippen molar-refractivity contribution in [2.45, 2.75) is 26.4 Å². The molecular weight excluding hydrogens is 240 g/mol. The minimum atomic E-state index is -0.450. The maximum atomic E-state index is 11.9. The highest BCUT2D eigenvalue weighted by Gasteiger charge is 2.18. The largest absolute Gasteiger partial charge is 0.456 e. The molecule has 2 rings (SSSR count). The van der Waals surface area contributed by atoms with E-state index in [0.29, 0.717) is 5.56 Å². The van der Waals surface area contributed by atoms with Crippen LogP contribution in [0.5, 0.6) is 0 Å². The summed E-state index contributed by atoms with van der Waals surface area (Å²) in [5.41, 5.74) is 1.32. The highest BCUT2D eigenvalue weighted by atomic mass is 16.6. The molecule has 1 heterocycles. The van der Waals surface area contributed by atoms with Crippen LogP contribution in [0.15, 0.2) is 24.3 Å². The molecule has 1 aliphatic rings. The fourth-order valence-electron chi connectivity index (χ4n) is 2.07. The van der Waals surface area contributed by atoms with Gasteiger partial charge in [0.05, 0.1) is 5.56 Å². The zero-order valence-electron chi connectivity index (χ0n) is 11.9. The maximum absolute atomic E-state index is 11.9. The van der Waals surface area contributed by atoms with E-state index in [4.69, 9.17) is 4.74 Å². The topological polar surface area (TPSA) is 41.6 Å². The molecule has 0 bridgehead atoms. The third-order valence-corrected chi connectivity index (χ3v) is 2.98. The summed E-state index contributed by atoms with van der Waals surface area (Å²) in [5, 5.41) is 3.32. The first kappa shape index (κ1) is 13.9. The Labute approximate surface area is 114 Å². The van der Waals surface area contributed by atoms with E-state index in [0.717, 1.165) is 31.9 Å². The van der Waals surface area contributed by atoms with Crippen molar-refractivity contribution in [1.29, 1.82) is 0 Å². The number of carbonyl (C=O) groups excluding carboxylic acids is 1. The minimum Gasteiger partial charge on any atom is -0.456 e. The van der Waals surface area contributed by atoms with Crippen LogP contribution in [-0.2, 0) is 4.74 Å². The third-order valence-electron chi connectivity index (χ3n) is 2.98. The van der Waals surface area contributed by atoms with Crippen LogP contribution in [-0.4, -0.2) is 37.7 Å². The molecule has 4 nitrogen and oxygen atoms in total. The van der Waals surface area contributed by atoms with Crippen LogP contribution in [0.1, 0.15) is 31.1 Å². The molecule has 1 fully saturated rings. The Morgan fingerprint density at radius 1 is 1.16 bits per heavy atom. The van der Waals surface area contributed by atoms with Crippen molar-refractivity contribution in [3.8, 4) is 0 Å². The molecule has 0 aromatic heterocycles. The molecule has 0 aliphatic carbocycles. The van der Waals surface area contributed by atoms with Gasteiger partial charge in [-0.25, -0.2) is 4.79 Å². The monoisotopic (exact) mass is 262 g/mol. The summed E-state index contributed by atoms with van der Waals surface area (Å²) < 4.78 is 5.35. The molecule has 1 aromatic carbocycles. The molecule has 104 valence electrons. The summed E-state index contributed by atoms with van der Waals surface area (Å²) in [6, 6.07) is 7.66. The molecule has 4 heteroatoms. The van der Waals surface area contributed by atoms with Crippen LogP contribution in [0.3, 0.4) is 0 Å². The van der Waals surface area contributed by atoms with Crippen LogP contribution in [0, 0.1) is 0 Å². The van der Waals surface area contributed by atoms with Gasteiger partial charge in [-0.15, -0.1) is 0 Å². The first-order valence-electron chi connectivity index (χ1n) is 6.75. The number of anilines is 1. The molecule has 0 radical (unpaired) electrons. The summed E-state index contributed by atoms with van der Waals surface area (Å²) in [7, 11) is 0. The third kappa shape index (κ3) is 3.96. The average Bonchev–Trinajstić information content (AvgIpc) is 2.38. The van der Waals surface area contributed by atoms with E-state index in [9.17, 15) is 4.79 Å². The molecule has 1 saturated heterocycles. The van der Waals surface area contributed by atoms with Gasteiger partial charge in [-0.1, -0.05) is 0 Å². The molecule has 1 aliphatic heterocycles. The molecule has 1 N–H and O–H groups in total. The predicted molar refractivity (Wildman–Crippen MR) is 76.7 cm³/mol. The second kappa shape index (κ2) is 5.61. The number of nitrogens with one attached hydrogen (secondary N) is 1. The van der Waals surface area contributed by atoms with E-state index in [-0.39, 0.29) is 5.97 Å². The molecule has 0 atom stereocenters. The van der Waals surface area contributed by atoms with Gasteiger partial charge in [0.1, 0.15) is 5.60 Å². The lowest BCUT2D eigenvalue weighted by atomic mass is 10.1. The zero-order valence-corrected chi connectivity index (χ0v) is 11.9. The Hall–Kier alpha value is -1.55. The lowest BCUT2D eigenvalue weighted by Crippen LogP contribution is -2.43. The van der Waals surface area contributed by atoms with Crippen molar-refractivity contribution in [2.24, 2.45) is 0 Å². The maximum Gasteiger partial charge on any atom is 0.338 e. The molecule has 0 amide bonds. The number of rotatable bonds is 2. The SMILES string of the molecule is CC(C)(C)OC(=O)c1ccc(N2CCNCC2)cc1. The van der Waals surface area contributed by atoms with Crippen LogP contribution in [0.2, 0.25) is 0 Å². The zero-order chi connectivity index (χ0) is 13.9. The van der Waals surface area contributed by atoms with E-state index in [1.54, 1.807) is 0 Å². The van der Waals surface area contributed by atoms with Gasteiger partial charge in [0.25, 0.3) is 0 Å². The first-order valence-corrected chi connectivity index (χ1v) is 6.75. The second-order valence-electron chi connectivity index (χ2n) is 5.79. The summed E-state index contributed by atoms with van der Waals surface area (Å²) in [6.07, 6.45) is 0. The van der Waals surface area contributed by atoms with Gasteiger partial charge in [-0.2, -0.15) is 0 Å². The number of hydrogen-bond donors (Lipinski definition) is 1. The Morgan fingerprint density at radius 2 is 1.74 bits per heavy atom. The van der Waals surface area contributed by atoms with Gasteiger partial charge in [0, 0.05) is 31.9 Å². The summed E-state index contributed by atoms with van der Waals surface area (Å²) in [4.78, 5) is 14.2. The standard InChI is InChI=1S/C15H22N2O2/c1-15(2,3)19-14(18)12-4-6-13(7-5-12)17-10-8-16-9-11-17/h4-7,16H,8-11H2,1-3H3. The molecule has 0 saturated carbocycles. The number of ether oxygens (including phenoxy) is 1. The van der Waals surface area contributed by atoms with Crippen LogP contribution < -0.4 is 10.2 Å². The highest BCUT2D eigenvalue weighted by molar-refractivity contribution is 5.90. The van der Waals surface area contributed by atoms with Gasteiger partial charge < -0.3 is 15.0 Å². The van der Waals surface area contributed by atoms with Gasteiger partial charge in [-0.3, -0.25) is 0 Å². The molecule has 1 aromatic rings. The highest BCUT2D eigenvalue weighted by Crippen LogP contribution is 2.18. The number of carbonyl (C=O) groups is 1. The van der Waals surface area contributed by atoms with Crippen molar-refractivity contribution in [2.75, 3.05) is 31.1 Å². The first-order chi connectivity index (χ1) is 8.96. The second-order valence-corrected chi connectivity index (χ2v) is 5.79. The average molecular weight is 262 g/mol. The van der Waals surface area contributed by atoms with Crippen LogP contribution >= 0.6 is 0 Å². The molecule has 0 unspecified atom stereocenters. The normalized spacial score (nSPS) is 16.3. The van der Waals surface area contributed by atoms with Crippen LogP contribution in [0.25, 0.3) is 0 Å². The Kier molecular flexibility index (Phi) is 4.10. The van der Waals surface area contributed by atoms with Crippen LogP contribution in [0.4, 0.5) is 5.69 Å². The number of nitrogens with zero attached hydrogens (tertiary/aromatic N) is 1. The Bertz CT molecular complexity index is 428. The predicted octanol–water partition coefficient (Wildman–Crippen LogP) is 2.05. The van der Waals surface area contributed by atoms with Crippen molar-refractivity contribution < 1.29 is 9.53 Å². The van der Waals surface area contributed by atoms with Crippen molar-refractivity contribution in [3.05, 3.63) is 29.8 Å². The number of hydrogen-bond acceptors (Lipinski definition) is 4. The van der Waals surface area contributed by atoms with Crippen molar-refractivity contribution in [3.63, 3.8) is 0 Å².